The summed E-state index contributed by atoms with van der Waals surface area (Å²) in [5.41, 5.74) is 1.46. The third-order valence-electron chi connectivity index (χ3n) is 4.16. The van der Waals surface area contributed by atoms with E-state index in [0.717, 1.165) is 11.3 Å². The Hall–Kier alpha value is -0.530. The van der Waals surface area contributed by atoms with Crippen molar-refractivity contribution in [2.45, 2.75) is 32.6 Å². The first-order valence-electron chi connectivity index (χ1n) is 4.82. The standard InChI is InChI=1S/C10H14O2/c1-7(11)12-5-8-4-10(8)6-9(10)2-3-9/h8H,2-6H2,1H3/t8-,10+/m1/s1. The number of hydrogen-bond acceptors (Lipinski definition) is 2. The summed E-state index contributed by atoms with van der Waals surface area (Å²) >= 11 is 0. The highest BCUT2D eigenvalue weighted by Gasteiger charge is 2.83. The number of ether oxygens (including phenoxy) is 1. The summed E-state index contributed by atoms with van der Waals surface area (Å²) in [6, 6.07) is 0. The van der Waals surface area contributed by atoms with Crippen molar-refractivity contribution < 1.29 is 9.53 Å². The summed E-state index contributed by atoms with van der Waals surface area (Å²) < 4.78 is 5.02. The molecule has 0 heterocycles. The molecule has 3 aliphatic rings. The van der Waals surface area contributed by atoms with Crippen LogP contribution in [0.15, 0.2) is 0 Å². The molecule has 2 nitrogen and oxygen atoms in total. The highest BCUT2D eigenvalue weighted by molar-refractivity contribution is 5.66. The topological polar surface area (TPSA) is 26.3 Å². The molecule has 0 aromatic heterocycles. The molecule has 3 rings (SSSR count). The van der Waals surface area contributed by atoms with Gasteiger partial charge in [0.1, 0.15) is 0 Å². The molecule has 3 saturated carbocycles. The second-order valence-corrected chi connectivity index (χ2v) is 4.82. The minimum absolute atomic E-state index is 0.123. The van der Waals surface area contributed by atoms with Gasteiger partial charge in [0, 0.05) is 6.92 Å². The van der Waals surface area contributed by atoms with Crippen LogP contribution in [0.1, 0.15) is 32.6 Å². The first-order chi connectivity index (χ1) is 5.69. The number of esters is 1. The maximum absolute atomic E-state index is 10.6. The Bertz CT molecular complexity index is 255. The molecular formula is C10H14O2. The monoisotopic (exact) mass is 166 g/mol. The van der Waals surface area contributed by atoms with Gasteiger partial charge in [-0.3, -0.25) is 4.79 Å². The zero-order chi connectivity index (χ0) is 8.40. The van der Waals surface area contributed by atoms with E-state index in [-0.39, 0.29) is 5.97 Å². The van der Waals surface area contributed by atoms with E-state index in [4.69, 9.17) is 4.74 Å². The average molecular weight is 166 g/mol. The van der Waals surface area contributed by atoms with Gasteiger partial charge in [0.05, 0.1) is 6.61 Å². The van der Waals surface area contributed by atoms with Crippen molar-refractivity contribution in [1.29, 1.82) is 0 Å². The summed E-state index contributed by atoms with van der Waals surface area (Å²) in [4.78, 5) is 10.6. The van der Waals surface area contributed by atoms with Gasteiger partial charge in [0.2, 0.25) is 0 Å². The quantitative estimate of drug-likeness (QED) is 0.584. The molecule has 12 heavy (non-hydrogen) atoms. The maximum Gasteiger partial charge on any atom is 0.302 e. The largest absolute Gasteiger partial charge is 0.466 e. The van der Waals surface area contributed by atoms with Crippen molar-refractivity contribution in [1.82, 2.24) is 0 Å². The fourth-order valence-electron chi connectivity index (χ4n) is 3.07. The molecule has 66 valence electrons. The lowest BCUT2D eigenvalue weighted by Gasteiger charge is -1.98. The highest BCUT2D eigenvalue weighted by Crippen LogP contribution is 2.91. The van der Waals surface area contributed by atoms with Crippen molar-refractivity contribution in [3.05, 3.63) is 0 Å². The Labute approximate surface area is 72.3 Å². The minimum Gasteiger partial charge on any atom is -0.466 e. The second-order valence-electron chi connectivity index (χ2n) is 4.82. The van der Waals surface area contributed by atoms with E-state index >= 15 is 0 Å². The van der Waals surface area contributed by atoms with Crippen LogP contribution in [0.4, 0.5) is 0 Å². The van der Waals surface area contributed by atoms with Gasteiger partial charge in [-0.2, -0.15) is 0 Å². The van der Waals surface area contributed by atoms with Gasteiger partial charge in [-0.1, -0.05) is 0 Å². The van der Waals surface area contributed by atoms with Gasteiger partial charge in [-0.15, -0.1) is 0 Å². The Morgan fingerprint density at radius 2 is 2.33 bits per heavy atom. The zero-order valence-electron chi connectivity index (χ0n) is 7.43. The van der Waals surface area contributed by atoms with E-state index in [1.54, 1.807) is 0 Å². The SMILES string of the molecule is CC(=O)OC[C@H]1C[C@]12CC21CC1. The molecule has 0 unspecified atom stereocenters. The van der Waals surface area contributed by atoms with Crippen LogP contribution in [-0.4, -0.2) is 12.6 Å². The molecule has 0 N–H and O–H groups in total. The molecule has 3 fully saturated rings. The first kappa shape index (κ1) is 6.93. The number of hydrogen-bond donors (Lipinski definition) is 0. The third kappa shape index (κ3) is 0.686. The molecule has 3 aliphatic carbocycles. The van der Waals surface area contributed by atoms with Crippen LogP contribution in [0.3, 0.4) is 0 Å². The Kier molecular flexibility index (Phi) is 0.984. The first-order valence-corrected chi connectivity index (χ1v) is 4.82. The van der Waals surface area contributed by atoms with E-state index in [1.165, 1.54) is 32.6 Å². The van der Waals surface area contributed by atoms with Crippen LogP contribution in [0, 0.1) is 16.7 Å². The molecule has 2 spiro atoms. The molecule has 0 bridgehead atoms. The van der Waals surface area contributed by atoms with Gasteiger partial charge in [-0.25, -0.2) is 0 Å². The Balaban J connectivity index is 1.54. The van der Waals surface area contributed by atoms with Crippen molar-refractivity contribution in [2.24, 2.45) is 16.7 Å². The predicted octanol–water partition coefficient (Wildman–Crippen LogP) is 1.74. The van der Waals surface area contributed by atoms with Gasteiger partial charge in [0.15, 0.2) is 0 Å². The lowest BCUT2D eigenvalue weighted by atomic mass is 10.2. The van der Waals surface area contributed by atoms with Crippen LogP contribution in [0.25, 0.3) is 0 Å². The zero-order valence-corrected chi connectivity index (χ0v) is 7.43. The predicted molar refractivity (Wildman–Crippen MR) is 43.5 cm³/mol. The van der Waals surface area contributed by atoms with Gasteiger partial charge < -0.3 is 4.74 Å². The van der Waals surface area contributed by atoms with Crippen LogP contribution in [0.5, 0.6) is 0 Å². The molecule has 2 atom stereocenters. The third-order valence-corrected chi connectivity index (χ3v) is 4.16. The van der Waals surface area contributed by atoms with E-state index in [0.29, 0.717) is 12.0 Å². The van der Waals surface area contributed by atoms with E-state index < -0.39 is 0 Å². The van der Waals surface area contributed by atoms with E-state index in [1.807, 2.05) is 0 Å². The molecule has 0 aromatic carbocycles. The summed E-state index contributed by atoms with van der Waals surface area (Å²) in [5.74, 6) is 0.603. The summed E-state index contributed by atoms with van der Waals surface area (Å²) in [6.45, 7) is 2.19. The summed E-state index contributed by atoms with van der Waals surface area (Å²) in [5, 5.41) is 0. The number of rotatable bonds is 2. The number of carbonyl (C=O) groups excluding carboxylic acids is 1. The highest BCUT2D eigenvalue weighted by atomic mass is 16.5. The minimum atomic E-state index is -0.123. The van der Waals surface area contributed by atoms with Crippen molar-refractivity contribution >= 4 is 5.97 Å². The normalized spacial score (nSPS) is 44.6. The Morgan fingerprint density at radius 1 is 1.58 bits per heavy atom. The van der Waals surface area contributed by atoms with Crippen molar-refractivity contribution in [2.75, 3.05) is 6.61 Å². The lowest BCUT2D eigenvalue weighted by molar-refractivity contribution is -0.141. The summed E-state index contributed by atoms with van der Waals surface area (Å²) in [7, 11) is 0. The van der Waals surface area contributed by atoms with Crippen LogP contribution in [0.2, 0.25) is 0 Å². The fraction of sp³-hybridized carbons (Fsp3) is 0.900. The van der Waals surface area contributed by atoms with Crippen LogP contribution >= 0.6 is 0 Å². The fourth-order valence-corrected chi connectivity index (χ4v) is 3.07. The van der Waals surface area contributed by atoms with Crippen molar-refractivity contribution in [3.8, 4) is 0 Å². The molecule has 0 aliphatic heterocycles. The molecular weight excluding hydrogens is 152 g/mol. The molecule has 2 heteroatoms. The van der Waals surface area contributed by atoms with Crippen LogP contribution < -0.4 is 0 Å². The second kappa shape index (κ2) is 1.70. The van der Waals surface area contributed by atoms with Gasteiger partial charge in [-0.05, 0) is 42.4 Å². The van der Waals surface area contributed by atoms with E-state index in [2.05, 4.69) is 0 Å². The Morgan fingerprint density at radius 3 is 2.83 bits per heavy atom. The smallest absolute Gasteiger partial charge is 0.302 e. The molecule has 0 amide bonds. The van der Waals surface area contributed by atoms with E-state index in [9.17, 15) is 4.79 Å². The number of fused-ring (bicyclic) bond motifs is 1. The average Bonchev–Trinajstić information content (AvgIpc) is 2.86. The van der Waals surface area contributed by atoms with Gasteiger partial charge in [0.25, 0.3) is 0 Å². The van der Waals surface area contributed by atoms with Crippen molar-refractivity contribution in [3.63, 3.8) is 0 Å². The molecule has 0 radical (unpaired) electrons. The summed E-state index contributed by atoms with van der Waals surface area (Å²) in [6.07, 6.45) is 5.67. The van der Waals surface area contributed by atoms with Crippen LogP contribution in [-0.2, 0) is 9.53 Å². The maximum atomic E-state index is 10.6. The molecule has 0 saturated heterocycles. The number of carbonyl (C=O) groups is 1. The van der Waals surface area contributed by atoms with Gasteiger partial charge >= 0.3 is 5.97 Å². The molecule has 0 aromatic rings. The lowest BCUT2D eigenvalue weighted by Crippen LogP contribution is -2.03.